The summed E-state index contributed by atoms with van der Waals surface area (Å²) in [6.45, 7) is 40.4. The number of unbranched alkanes of at least 4 members (excludes halogenated alkanes) is 1. The molecular weight excluding hydrogens is 458 g/mol. The highest BCUT2D eigenvalue weighted by Crippen LogP contribution is 2.23. The molecule has 0 aromatic carbocycles. The van der Waals surface area contributed by atoms with Gasteiger partial charge in [-0.2, -0.15) is 0 Å². The van der Waals surface area contributed by atoms with Crippen LogP contribution in [0.15, 0.2) is 69.9 Å². The van der Waals surface area contributed by atoms with E-state index in [0.717, 1.165) is 6.42 Å². The summed E-state index contributed by atoms with van der Waals surface area (Å²) in [5.74, 6) is 1.75. The van der Waals surface area contributed by atoms with Crippen molar-refractivity contribution < 1.29 is 0 Å². The van der Waals surface area contributed by atoms with Crippen LogP contribution in [-0.2, 0) is 0 Å². The minimum Gasteiger partial charge on any atom is -0.327 e. The highest BCUT2D eigenvalue weighted by molar-refractivity contribution is 5.40. The van der Waals surface area contributed by atoms with Crippen LogP contribution in [0.5, 0.6) is 0 Å². The Hall–Kier alpha value is -1.60. The van der Waals surface area contributed by atoms with Gasteiger partial charge < -0.3 is 5.73 Å². The van der Waals surface area contributed by atoms with Gasteiger partial charge in [-0.3, -0.25) is 0 Å². The summed E-state index contributed by atoms with van der Waals surface area (Å²) < 4.78 is 0. The fourth-order valence-electron chi connectivity index (χ4n) is 2.95. The third-order valence-electron chi connectivity index (χ3n) is 7.17. The van der Waals surface area contributed by atoms with Gasteiger partial charge in [0.2, 0.25) is 0 Å². The summed E-state index contributed by atoms with van der Waals surface area (Å²) in [6.07, 6.45) is 14.3. The predicted octanol–water partition coefficient (Wildman–Crippen LogP) is 12.6. The number of hydrogen-bond donors (Lipinski definition) is 1. The van der Waals surface area contributed by atoms with Crippen molar-refractivity contribution in [2.75, 3.05) is 0 Å². The molecule has 0 fully saturated rings. The van der Waals surface area contributed by atoms with Crippen LogP contribution in [0.4, 0.5) is 0 Å². The third kappa shape index (κ3) is 23.5. The molecule has 0 aliphatic carbocycles. The van der Waals surface area contributed by atoms with Crippen molar-refractivity contribution in [3.05, 3.63) is 69.9 Å². The maximum absolute atomic E-state index is 5.58. The molecule has 1 nitrogen and oxygen atoms in total. The normalized spacial score (nSPS) is 14.6. The average molecular weight is 530 g/mol. The zero-order chi connectivity index (χ0) is 31.0. The Balaban J connectivity index is -0.000000403. The number of rotatable bonds is 12. The molecule has 0 heterocycles. The van der Waals surface area contributed by atoms with E-state index in [-0.39, 0.29) is 6.04 Å². The quantitative estimate of drug-likeness (QED) is 0.197. The van der Waals surface area contributed by atoms with Crippen LogP contribution in [0.3, 0.4) is 0 Å². The van der Waals surface area contributed by atoms with Gasteiger partial charge in [-0.1, -0.05) is 134 Å². The van der Waals surface area contributed by atoms with E-state index in [1.54, 1.807) is 0 Å². The van der Waals surface area contributed by atoms with Gasteiger partial charge in [0.05, 0.1) is 0 Å². The summed E-state index contributed by atoms with van der Waals surface area (Å²) in [7, 11) is 0. The molecule has 0 bridgehead atoms. The first-order chi connectivity index (χ1) is 17.6. The molecule has 38 heavy (non-hydrogen) atoms. The van der Waals surface area contributed by atoms with E-state index >= 15 is 0 Å². The summed E-state index contributed by atoms with van der Waals surface area (Å²) in [5.41, 5.74) is 15.3. The largest absolute Gasteiger partial charge is 0.327 e. The summed E-state index contributed by atoms with van der Waals surface area (Å²) >= 11 is 0. The third-order valence-corrected chi connectivity index (χ3v) is 7.17. The lowest BCUT2D eigenvalue weighted by atomic mass is 9.93. The molecule has 224 valence electrons. The Morgan fingerprint density at radius 2 is 1.29 bits per heavy atom. The molecule has 0 rings (SSSR count). The predicted molar refractivity (Wildman–Crippen MR) is 182 cm³/mol. The van der Waals surface area contributed by atoms with Crippen molar-refractivity contribution in [1.29, 1.82) is 0 Å². The highest BCUT2D eigenvalue weighted by atomic mass is 14.6. The molecule has 0 radical (unpaired) electrons. The molecule has 0 saturated heterocycles. The number of nitrogens with two attached hydrogens (primary N) is 1. The van der Waals surface area contributed by atoms with Crippen LogP contribution < -0.4 is 5.73 Å². The average Bonchev–Trinajstić information content (AvgIpc) is 2.89. The number of hydrogen-bond acceptors (Lipinski definition) is 1. The van der Waals surface area contributed by atoms with Gasteiger partial charge in [0.25, 0.3) is 0 Å². The second kappa shape index (κ2) is 27.0. The minimum absolute atomic E-state index is 0.243. The molecule has 0 spiro atoms. The lowest BCUT2D eigenvalue weighted by Crippen LogP contribution is -2.24. The second-order valence-electron chi connectivity index (χ2n) is 11.0. The van der Waals surface area contributed by atoms with Gasteiger partial charge in [0.15, 0.2) is 0 Å². The molecule has 0 aromatic rings. The fraction of sp³-hybridized carbons (Fsp3) is 0.676. The zero-order valence-corrected chi connectivity index (χ0v) is 29.2. The van der Waals surface area contributed by atoms with Crippen molar-refractivity contribution in [3.63, 3.8) is 0 Å². The Morgan fingerprint density at radius 3 is 1.63 bits per heavy atom. The Kier molecular flexibility index (Phi) is 30.9. The highest BCUT2D eigenvalue weighted by Gasteiger charge is 2.06. The summed E-state index contributed by atoms with van der Waals surface area (Å²) in [6, 6.07) is 0.243. The lowest BCUT2D eigenvalue weighted by Gasteiger charge is -2.14. The van der Waals surface area contributed by atoms with Gasteiger partial charge in [0, 0.05) is 6.04 Å². The van der Waals surface area contributed by atoms with E-state index < -0.39 is 0 Å². The van der Waals surface area contributed by atoms with Crippen molar-refractivity contribution in [1.82, 2.24) is 0 Å². The van der Waals surface area contributed by atoms with E-state index in [0.29, 0.717) is 17.8 Å². The smallest absolute Gasteiger partial charge is 0.00732 e. The molecule has 2 N–H and O–H groups in total. The number of allylic oxidation sites excluding steroid dienone is 10. The maximum Gasteiger partial charge on any atom is 0.00732 e. The van der Waals surface area contributed by atoms with Crippen molar-refractivity contribution in [2.45, 2.75) is 149 Å². The van der Waals surface area contributed by atoms with Crippen molar-refractivity contribution >= 4 is 0 Å². The topological polar surface area (TPSA) is 26.0 Å². The van der Waals surface area contributed by atoms with E-state index in [2.05, 4.69) is 107 Å². The van der Waals surface area contributed by atoms with Crippen LogP contribution >= 0.6 is 0 Å². The Bertz CT molecular complexity index is 746. The van der Waals surface area contributed by atoms with Crippen LogP contribution in [-0.4, -0.2) is 6.04 Å². The first-order valence-electron chi connectivity index (χ1n) is 15.4. The molecule has 0 amide bonds. The second-order valence-corrected chi connectivity index (χ2v) is 11.0. The molecule has 0 aromatic heterocycles. The molecular formula is C37H71N. The van der Waals surface area contributed by atoms with Gasteiger partial charge in [-0.05, 0) is 97.1 Å². The van der Waals surface area contributed by atoms with Crippen LogP contribution in [0.1, 0.15) is 143 Å². The first kappa shape index (κ1) is 43.5. The molecule has 3 unspecified atom stereocenters. The van der Waals surface area contributed by atoms with E-state index in [1.165, 1.54) is 58.3 Å². The summed E-state index contributed by atoms with van der Waals surface area (Å²) in [4.78, 5) is 0. The van der Waals surface area contributed by atoms with Crippen molar-refractivity contribution in [2.24, 2.45) is 23.5 Å². The van der Waals surface area contributed by atoms with Gasteiger partial charge in [-0.25, -0.2) is 0 Å². The van der Waals surface area contributed by atoms with E-state index in [4.69, 9.17) is 5.73 Å². The molecule has 0 saturated carbocycles. The first-order valence-corrected chi connectivity index (χ1v) is 15.4. The monoisotopic (exact) mass is 530 g/mol. The SMILES string of the molecule is C=C(C)C(C)C(C)N.CC.CC.CCCCC(C)/C(C)=C/CC(=C\C(C)=C(C)C)/C(C)=C/C=C(\C)C(C)C. The van der Waals surface area contributed by atoms with Crippen LogP contribution in [0, 0.1) is 17.8 Å². The van der Waals surface area contributed by atoms with Crippen molar-refractivity contribution in [3.8, 4) is 0 Å². The molecule has 3 atom stereocenters. The molecule has 1 heteroatoms. The van der Waals surface area contributed by atoms with Crippen LogP contribution in [0.2, 0.25) is 0 Å². The van der Waals surface area contributed by atoms with Crippen LogP contribution in [0.25, 0.3) is 0 Å². The zero-order valence-electron chi connectivity index (χ0n) is 29.2. The lowest BCUT2D eigenvalue weighted by molar-refractivity contribution is 0.555. The maximum atomic E-state index is 5.58. The van der Waals surface area contributed by atoms with Gasteiger partial charge >= 0.3 is 0 Å². The molecule has 0 aliphatic rings. The fourth-order valence-corrected chi connectivity index (χ4v) is 2.95. The summed E-state index contributed by atoms with van der Waals surface area (Å²) in [5, 5.41) is 0. The van der Waals surface area contributed by atoms with E-state index in [1.807, 2.05) is 41.5 Å². The Morgan fingerprint density at radius 1 is 0.789 bits per heavy atom. The molecule has 0 aliphatic heterocycles. The minimum atomic E-state index is 0.243. The van der Waals surface area contributed by atoms with Gasteiger partial charge in [0.1, 0.15) is 0 Å². The van der Waals surface area contributed by atoms with Gasteiger partial charge in [-0.15, -0.1) is 0 Å². The standard InChI is InChI=1S/C26H44.C7H15N.2C2H6/c1-11-12-13-22(7)23(8)16-17-26(18-25(10)20(4)5)24(9)15-14-21(6)19(2)3;1-5(2)6(3)7(4)8;2*1-2/h14-16,18-19,22H,11-13,17H2,1-10H3;6-7H,1,8H2,2-4H3;2*1-2H3/b21-14+,23-16+,24-15+,26-18+;;;. The Labute approximate surface area is 242 Å². The van der Waals surface area contributed by atoms with E-state index in [9.17, 15) is 0 Å².